The monoisotopic (exact) mass is 263 g/mol. The van der Waals surface area contributed by atoms with Gasteiger partial charge in [-0.3, -0.25) is 0 Å². The molecule has 1 aromatic rings. The maximum absolute atomic E-state index is 5.93. The molecule has 0 bridgehead atoms. The molecule has 0 aliphatic carbocycles. The predicted molar refractivity (Wildman–Crippen MR) is 82.7 cm³/mol. The molecule has 0 aliphatic rings. The van der Waals surface area contributed by atoms with Crippen LogP contribution in [-0.2, 0) is 11.2 Å². The average Bonchev–Trinajstić information content (AvgIpc) is 2.34. The first-order valence-corrected chi connectivity index (χ1v) is 7.42. The summed E-state index contributed by atoms with van der Waals surface area (Å²) >= 11 is 0. The third-order valence-electron chi connectivity index (χ3n) is 3.52. The Kier molecular flexibility index (Phi) is 6.53. The molecule has 1 atom stereocenters. The summed E-state index contributed by atoms with van der Waals surface area (Å²) in [6.45, 7) is 12.6. The first-order chi connectivity index (χ1) is 8.99. The van der Waals surface area contributed by atoms with E-state index in [1.54, 1.807) is 0 Å². The highest BCUT2D eigenvalue weighted by atomic mass is 16.5. The quantitative estimate of drug-likeness (QED) is 0.772. The molecular weight excluding hydrogens is 234 g/mol. The predicted octanol–water partition coefficient (Wildman–Crippen LogP) is 3.72. The SMILES string of the molecule is CCCNC(Cc1cccc(C)c1)C(C)(C)OCC. The maximum Gasteiger partial charge on any atom is 0.0781 e. The van der Waals surface area contributed by atoms with Crippen molar-refractivity contribution in [1.29, 1.82) is 0 Å². The minimum Gasteiger partial charge on any atom is -0.374 e. The van der Waals surface area contributed by atoms with Crippen LogP contribution in [0.25, 0.3) is 0 Å². The summed E-state index contributed by atoms with van der Waals surface area (Å²) < 4.78 is 5.93. The number of nitrogens with one attached hydrogen (secondary N) is 1. The summed E-state index contributed by atoms with van der Waals surface area (Å²) in [5, 5.41) is 3.64. The fraction of sp³-hybridized carbons (Fsp3) is 0.647. The number of ether oxygens (including phenoxy) is 1. The van der Waals surface area contributed by atoms with Crippen molar-refractivity contribution in [3.63, 3.8) is 0 Å². The zero-order valence-corrected chi connectivity index (χ0v) is 13.1. The molecule has 0 aromatic heterocycles. The van der Waals surface area contributed by atoms with Gasteiger partial charge in [-0.25, -0.2) is 0 Å². The summed E-state index contributed by atoms with van der Waals surface area (Å²) in [6, 6.07) is 9.09. The lowest BCUT2D eigenvalue weighted by molar-refractivity contribution is -0.0379. The van der Waals surface area contributed by atoms with Crippen LogP contribution in [0.3, 0.4) is 0 Å². The van der Waals surface area contributed by atoms with Crippen molar-refractivity contribution in [2.24, 2.45) is 0 Å². The molecular formula is C17H29NO. The van der Waals surface area contributed by atoms with Crippen molar-refractivity contribution in [2.45, 2.75) is 59.1 Å². The molecule has 108 valence electrons. The largest absolute Gasteiger partial charge is 0.374 e. The smallest absolute Gasteiger partial charge is 0.0781 e. The summed E-state index contributed by atoms with van der Waals surface area (Å²) in [6.07, 6.45) is 2.15. The standard InChI is InChI=1S/C17H29NO/c1-6-11-18-16(17(4,5)19-7-2)13-15-10-8-9-14(3)12-15/h8-10,12,16,18H,6-7,11,13H2,1-5H3. The zero-order valence-electron chi connectivity index (χ0n) is 13.1. The third-order valence-corrected chi connectivity index (χ3v) is 3.52. The van der Waals surface area contributed by atoms with E-state index in [-0.39, 0.29) is 5.60 Å². The molecule has 19 heavy (non-hydrogen) atoms. The molecule has 0 heterocycles. The van der Waals surface area contributed by atoms with Gasteiger partial charge in [-0.15, -0.1) is 0 Å². The summed E-state index contributed by atoms with van der Waals surface area (Å²) in [4.78, 5) is 0. The Morgan fingerprint density at radius 1 is 1.26 bits per heavy atom. The molecule has 0 amide bonds. The van der Waals surface area contributed by atoms with E-state index in [0.29, 0.717) is 6.04 Å². The van der Waals surface area contributed by atoms with Crippen molar-refractivity contribution in [1.82, 2.24) is 5.32 Å². The summed E-state index contributed by atoms with van der Waals surface area (Å²) in [5.41, 5.74) is 2.55. The van der Waals surface area contributed by atoms with Crippen LogP contribution in [0.4, 0.5) is 0 Å². The molecule has 0 aliphatic heterocycles. The van der Waals surface area contributed by atoms with Gasteiger partial charge in [0.25, 0.3) is 0 Å². The van der Waals surface area contributed by atoms with E-state index in [1.807, 2.05) is 0 Å². The molecule has 0 spiro atoms. The second-order valence-corrected chi connectivity index (χ2v) is 5.74. The van der Waals surface area contributed by atoms with Gasteiger partial charge < -0.3 is 10.1 Å². The molecule has 0 radical (unpaired) electrons. The third kappa shape index (κ3) is 5.33. The van der Waals surface area contributed by atoms with Gasteiger partial charge in [0.15, 0.2) is 0 Å². The van der Waals surface area contributed by atoms with Crippen molar-refractivity contribution in [3.8, 4) is 0 Å². The molecule has 1 unspecified atom stereocenters. The molecule has 1 rings (SSSR count). The highest BCUT2D eigenvalue weighted by molar-refractivity contribution is 5.23. The lowest BCUT2D eigenvalue weighted by atomic mass is 9.91. The molecule has 1 aromatic carbocycles. The van der Waals surface area contributed by atoms with Crippen LogP contribution in [0, 0.1) is 6.92 Å². The average molecular weight is 263 g/mol. The Morgan fingerprint density at radius 3 is 2.58 bits per heavy atom. The molecule has 2 nitrogen and oxygen atoms in total. The Hall–Kier alpha value is -0.860. The molecule has 1 N–H and O–H groups in total. The van der Waals surface area contributed by atoms with Gasteiger partial charge in [-0.2, -0.15) is 0 Å². The summed E-state index contributed by atoms with van der Waals surface area (Å²) in [7, 11) is 0. The van der Waals surface area contributed by atoms with Gasteiger partial charge in [-0.05, 0) is 52.6 Å². The molecule has 0 saturated carbocycles. The van der Waals surface area contributed by atoms with E-state index < -0.39 is 0 Å². The van der Waals surface area contributed by atoms with Crippen molar-refractivity contribution < 1.29 is 4.74 Å². The Balaban J connectivity index is 2.79. The van der Waals surface area contributed by atoms with E-state index in [1.165, 1.54) is 11.1 Å². The Labute approximate surface area is 118 Å². The van der Waals surface area contributed by atoms with Crippen LogP contribution in [0.1, 0.15) is 45.2 Å². The summed E-state index contributed by atoms with van der Waals surface area (Å²) in [5.74, 6) is 0. The van der Waals surface area contributed by atoms with Gasteiger partial charge in [0.05, 0.1) is 5.60 Å². The van der Waals surface area contributed by atoms with Gasteiger partial charge in [0.2, 0.25) is 0 Å². The number of hydrogen-bond acceptors (Lipinski definition) is 2. The zero-order chi connectivity index (χ0) is 14.3. The van der Waals surface area contributed by atoms with Crippen molar-refractivity contribution in [3.05, 3.63) is 35.4 Å². The van der Waals surface area contributed by atoms with Gasteiger partial charge >= 0.3 is 0 Å². The van der Waals surface area contributed by atoms with Crippen molar-refractivity contribution >= 4 is 0 Å². The lowest BCUT2D eigenvalue weighted by Gasteiger charge is -2.35. The van der Waals surface area contributed by atoms with Crippen LogP contribution in [0.15, 0.2) is 24.3 Å². The minimum absolute atomic E-state index is 0.145. The first kappa shape index (κ1) is 16.2. The van der Waals surface area contributed by atoms with E-state index in [2.05, 4.69) is 64.2 Å². The van der Waals surface area contributed by atoms with Crippen molar-refractivity contribution in [2.75, 3.05) is 13.2 Å². The van der Waals surface area contributed by atoms with E-state index in [9.17, 15) is 0 Å². The normalized spacial score (nSPS) is 13.5. The fourth-order valence-electron chi connectivity index (χ4n) is 2.43. The molecule has 0 fully saturated rings. The van der Waals surface area contributed by atoms with Crippen LogP contribution in [-0.4, -0.2) is 24.8 Å². The number of rotatable bonds is 8. The van der Waals surface area contributed by atoms with E-state index >= 15 is 0 Å². The van der Waals surface area contributed by atoms with Gasteiger partial charge in [-0.1, -0.05) is 36.8 Å². The second kappa shape index (κ2) is 7.66. The lowest BCUT2D eigenvalue weighted by Crippen LogP contribution is -2.50. The van der Waals surface area contributed by atoms with Gasteiger partial charge in [0, 0.05) is 12.6 Å². The molecule has 2 heteroatoms. The van der Waals surface area contributed by atoms with E-state index in [4.69, 9.17) is 4.74 Å². The fourth-order valence-corrected chi connectivity index (χ4v) is 2.43. The van der Waals surface area contributed by atoms with Crippen LogP contribution in [0.2, 0.25) is 0 Å². The Morgan fingerprint density at radius 2 is 2.00 bits per heavy atom. The second-order valence-electron chi connectivity index (χ2n) is 5.74. The number of hydrogen-bond donors (Lipinski definition) is 1. The number of benzene rings is 1. The molecule has 0 saturated heterocycles. The van der Waals surface area contributed by atoms with Gasteiger partial charge in [0.1, 0.15) is 0 Å². The van der Waals surface area contributed by atoms with E-state index in [0.717, 1.165) is 26.0 Å². The van der Waals surface area contributed by atoms with Crippen LogP contribution in [0.5, 0.6) is 0 Å². The topological polar surface area (TPSA) is 21.3 Å². The highest BCUT2D eigenvalue weighted by Crippen LogP contribution is 2.19. The van der Waals surface area contributed by atoms with Crippen LogP contribution >= 0.6 is 0 Å². The minimum atomic E-state index is -0.145. The first-order valence-electron chi connectivity index (χ1n) is 7.42. The van der Waals surface area contributed by atoms with Crippen LogP contribution < -0.4 is 5.32 Å². The highest BCUT2D eigenvalue weighted by Gasteiger charge is 2.29. The number of aryl methyl sites for hydroxylation is 1. The maximum atomic E-state index is 5.93. The Bertz CT molecular complexity index is 373.